The minimum atomic E-state index is -0.304. The zero-order valence-corrected chi connectivity index (χ0v) is 15.0. The summed E-state index contributed by atoms with van der Waals surface area (Å²) in [7, 11) is 1.69. The van der Waals surface area contributed by atoms with Gasteiger partial charge in [0.25, 0.3) is 0 Å². The Morgan fingerprint density at radius 1 is 1.19 bits per heavy atom. The first-order chi connectivity index (χ1) is 12.7. The van der Waals surface area contributed by atoms with E-state index in [1.165, 1.54) is 6.07 Å². The van der Waals surface area contributed by atoms with Crippen LogP contribution in [-0.4, -0.2) is 22.6 Å². The Labute approximate surface area is 156 Å². The Morgan fingerprint density at radius 2 is 2.00 bits per heavy atom. The number of aromatic nitrogens is 2. The van der Waals surface area contributed by atoms with Gasteiger partial charge in [-0.05, 0) is 29.3 Å². The first kappa shape index (κ1) is 17.9. The molecule has 0 bridgehead atoms. The van der Waals surface area contributed by atoms with Crippen LogP contribution in [0.15, 0.2) is 66.2 Å². The van der Waals surface area contributed by atoms with Crippen molar-refractivity contribution in [2.45, 2.75) is 13.1 Å². The second-order valence-electron chi connectivity index (χ2n) is 5.63. The number of guanidine groups is 1. The Balaban J connectivity index is 1.59. The molecule has 26 heavy (non-hydrogen) atoms. The highest BCUT2D eigenvalue weighted by Gasteiger charge is 2.06. The lowest BCUT2D eigenvalue weighted by atomic mass is 10.2. The molecule has 0 amide bonds. The van der Waals surface area contributed by atoms with Gasteiger partial charge in [-0.25, -0.2) is 9.37 Å². The molecule has 134 valence electrons. The highest BCUT2D eigenvalue weighted by Crippen LogP contribution is 2.15. The average molecular weight is 372 g/mol. The van der Waals surface area contributed by atoms with Gasteiger partial charge in [-0.2, -0.15) is 0 Å². The molecule has 2 aromatic carbocycles. The van der Waals surface area contributed by atoms with E-state index in [0.29, 0.717) is 29.8 Å². The van der Waals surface area contributed by atoms with E-state index in [9.17, 15) is 4.39 Å². The summed E-state index contributed by atoms with van der Waals surface area (Å²) in [5, 5.41) is 7.06. The number of aliphatic imine (C=N–C) groups is 1. The predicted octanol–water partition coefficient (Wildman–Crippen LogP) is 3.53. The van der Waals surface area contributed by atoms with Gasteiger partial charge in [0.05, 0.1) is 12.0 Å². The van der Waals surface area contributed by atoms with Gasteiger partial charge in [0.2, 0.25) is 0 Å². The number of imidazole rings is 1. The van der Waals surface area contributed by atoms with Crippen LogP contribution in [0, 0.1) is 5.82 Å². The molecule has 0 radical (unpaired) electrons. The number of halogens is 2. The Bertz CT molecular complexity index is 893. The number of nitrogens with one attached hydrogen (secondary N) is 2. The van der Waals surface area contributed by atoms with Crippen molar-refractivity contribution < 1.29 is 4.39 Å². The molecule has 0 spiro atoms. The molecule has 2 N–H and O–H groups in total. The zero-order chi connectivity index (χ0) is 18.4. The molecule has 1 aromatic heterocycles. The lowest BCUT2D eigenvalue weighted by Gasteiger charge is -2.13. The molecule has 5 nitrogen and oxygen atoms in total. The third-order valence-electron chi connectivity index (χ3n) is 3.88. The van der Waals surface area contributed by atoms with Crippen molar-refractivity contribution in [1.82, 2.24) is 20.2 Å². The van der Waals surface area contributed by atoms with Crippen LogP contribution in [0.4, 0.5) is 4.39 Å². The minimum absolute atomic E-state index is 0.304. The molecule has 1 heterocycles. The van der Waals surface area contributed by atoms with E-state index < -0.39 is 0 Å². The van der Waals surface area contributed by atoms with Crippen molar-refractivity contribution in [2.75, 3.05) is 7.05 Å². The molecular formula is C19H19ClFN5. The van der Waals surface area contributed by atoms with Crippen molar-refractivity contribution in [1.29, 1.82) is 0 Å². The van der Waals surface area contributed by atoms with Crippen LogP contribution < -0.4 is 10.6 Å². The standard InChI is InChI=1S/C19H19ClFN5/c1-22-19(25-12-15-4-2-3-5-16(15)20)24-11-14-6-7-18(17(21)10-14)26-9-8-23-13-26/h2-10,13H,11-12H2,1H3,(H2,22,24,25). The van der Waals surface area contributed by atoms with Gasteiger partial charge in [0.1, 0.15) is 5.82 Å². The van der Waals surface area contributed by atoms with E-state index in [1.54, 1.807) is 36.4 Å². The molecular weight excluding hydrogens is 353 g/mol. The molecule has 0 aliphatic heterocycles. The first-order valence-corrected chi connectivity index (χ1v) is 8.50. The summed E-state index contributed by atoms with van der Waals surface area (Å²) in [6.07, 6.45) is 4.89. The fraction of sp³-hybridized carbons (Fsp3) is 0.158. The maximum Gasteiger partial charge on any atom is 0.191 e. The van der Waals surface area contributed by atoms with Crippen LogP contribution in [0.5, 0.6) is 0 Å². The number of nitrogens with zero attached hydrogens (tertiary/aromatic N) is 3. The predicted molar refractivity (Wildman–Crippen MR) is 102 cm³/mol. The van der Waals surface area contributed by atoms with Gasteiger partial charge in [-0.1, -0.05) is 35.9 Å². The van der Waals surface area contributed by atoms with Crippen LogP contribution in [0.1, 0.15) is 11.1 Å². The second-order valence-corrected chi connectivity index (χ2v) is 6.03. The van der Waals surface area contributed by atoms with Crippen LogP contribution in [0.2, 0.25) is 5.02 Å². The molecule has 0 saturated carbocycles. The van der Waals surface area contributed by atoms with E-state index >= 15 is 0 Å². The summed E-state index contributed by atoms with van der Waals surface area (Å²) >= 11 is 6.15. The van der Waals surface area contributed by atoms with Crippen molar-refractivity contribution >= 4 is 17.6 Å². The number of benzene rings is 2. The monoisotopic (exact) mass is 371 g/mol. The first-order valence-electron chi connectivity index (χ1n) is 8.12. The molecule has 0 aliphatic carbocycles. The fourth-order valence-corrected chi connectivity index (χ4v) is 2.70. The van der Waals surface area contributed by atoms with Gasteiger partial charge >= 0.3 is 0 Å². The van der Waals surface area contributed by atoms with Gasteiger partial charge in [0, 0.05) is 37.6 Å². The van der Waals surface area contributed by atoms with E-state index in [4.69, 9.17) is 11.6 Å². The third kappa shape index (κ3) is 4.40. The Morgan fingerprint density at radius 3 is 2.69 bits per heavy atom. The quantitative estimate of drug-likeness (QED) is 0.533. The van der Waals surface area contributed by atoms with Crippen LogP contribution >= 0.6 is 11.6 Å². The van der Waals surface area contributed by atoms with Crippen LogP contribution in [0.3, 0.4) is 0 Å². The average Bonchev–Trinajstić information content (AvgIpc) is 3.17. The summed E-state index contributed by atoms with van der Waals surface area (Å²) in [6, 6.07) is 12.7. The summed E-state index contributed by atoms with van der Waals surface area (Å²) < 4.78 is 15.9. The number of hydrogen-bond donors (Lipinski definition) is 2. The van der Waals surface area contributed by atoms with Gasteiger partial charge < -0.3 is 15.2 Å². The van der Waals surface area contributed by atoms with E-state index in [0.717, 1.165) is 11.1 Å². The Hall–Kier alpha value is -2.86. The summed E-state index contributed by atoms with van der Waals surface area (Å²) in [5.74, 6) is 0.310. The van der Waals surface area contributed by atoms with Crippen molar-refractivity contribution in [3.05, 3.63) is 83.2 Å². The molecule has 3 rings (SSSR count). The van der Waals surface area contributed by atoms with Crippen LogP contribution in [0.25, 0.3) is 5.69 Å². The number of rotatable bonds is 5. The lowest BCUT2D eigenvalue weighted by molar-refractivity contribution is 0.615. The minimum Gasteiger partial charge on any atom is -0.352 e. The largest absolute Gasteiger partial charge is 0.352 e. The molecule has 0 aliphatic rings. The lowest BCUT2D eigenvalue weighted by Crippen LogP contribution is -2.36. The summed E-state index contributed by atoms with van der Waals surface area (Å²) in [4.78, 5) is 8.11. The third-order valence-corrected chi connectivity index (χ3v) is 4.25. The van der Waals surface area contributed by atoms with Crippen molar-refractivity contribution in [2.24, 2.45) is 4.99 Å². The van der Waals surface area contributed by atoms with E-state index in [-0.39, 0.29) is 5.82 Å². The highest BCUT2D eigenvalue weighted by atomic mass is 35.5. The Kier molecular flexibility index (Phi) is 5.86. The second kappa shape index (κ2) is 8.49. The van der Waals surface area contributed by atoms with E-state index in [1.807, 2.05) is 30.3 Å². The van der Waals surface area contributed by atoms with Crippen molar-refractivity contribution in [3.63, 3.8) is 0 Å². The van der Waals surface area contributed by atoms with Gasteiger partial charge in [-0.15, -0.1) is 0 Å². The van der Waals surface area contributed by atoms with Gasteiger partial charge in [-0.3, -0.25) is 4.99 Å². The number of hydrogen-bond acceptors (Lipinski definition) is 2. The fourth-order valence-electron chi connectivity index (χ4n) is 2.50. The van der Waals surface area contributed by atoms with Crippen molar-refractivity contribution in [3.8, 4) is 5.69 Å². The maximum absolute atomic E-state index is 14.3. The molecule has 7 heteroatoms. The molecule has 0 atom stereocenters. The SMILES string of the molecule is CN=C(NCc1ccc(-n2ccnc2)c(F)c1)NCc1ccccc1Cl. The van der Waals surface area contributed by atoms with Crippen LogP contribution in [-0.2, 0) is 13.1 Å². The van der Waals surface area contributed by atoms with Gasteiger partial charge in [0.15, 0.2) is 5.96 Å². The van der Waals surface area contributed by atoms with E-state index in [2.05, 4.69) is 20.6 Å². The summed E-state index contributed by atoms with van der Waals surface area (Å²) in [5.41, 5.74) is 2.26. The molecule has 3 aromatic rings. The highest BCUT2D eigenvalue weighted by molar-refractivity contribution is 6.31. The normalized spacial score (nSPS) is 11.4. The summed E-state index contributed by atoms with van der Waals surface area (Å²) in [6.45, 7) is 0.997. The smallest absolute Gasteiger partial charge is 0.191 e. The maximum atomic E-state index is 14.3. The zero-order valence-electron chi connectivity index (χ0n) is 14.3. The molecule has 0 unspecified atom stereocenters. The molecule has 0 fully saturated rings. The topological polar surface area (TPSA) is 54.2 Å². The molecule has 0 saturated heterocycles.